The summed E-state index contributed by atoms with van der Waals surface area (Å²) in [5.41, 5.74) is 0. The molecule has 3 nitrogen and oxygen atoms in total. The van der Waals surface area contributed by atoms with Crippen LogP contribution in [0.1, 0.15) is 13.8 Å². The molecule has 0 aliphatic heterocycles. The van der Waals surface area contributed by atoms with Gasteiger partial charge in [-0.25, -0.2) is 0 Å². The number of aliphatic hydroxyl groups is 1. The molecular formula is C6H15NO2. The fraction of sp³-hybridized carbons (Fsp3) is 0.833. The van der Waals surface area contributed by atoms with Crippen molar-refractivity contribution in [3.05, 3.63) is 0 Å². The summed E-state index contributed by atoms with van der Waals surface area (Å²) >= 11 is 0. The van der Waals surface area contributed by atoms with Crippen molar-refractivity contribution in [1.29, 1.82) is 0 Å². The SMILES string of the molecule is CC.O=CCNCCO. The van der Waals surface area contributed by atoms with Gasteiger partial charge < -0.3 is 15.2 Å². The molecule has 0 unspecified atom stereocenters. The van der Waals surface area contributed by atoms with Crippen LogP contribution in [0.2, 0.25) is 0 Å². The highest BCUT2D eigenvalue weighted by Gasteiger charge is 1.77. The lowest BCUT2D eigenvalue weighted by molar-refractivity contribution is -0.107. The van der Waals surface area contributed by atoms with Gasteiger partial charge in [-0.05, 0) is 0 Å². The van der Waals surface area contributed by atoms with E-state index in [4.69, 9.17) is 5.11 Å². The molecule has 3 heteroatoms. The lowest BCUT2D eigenvalue weighted by Crippen LogP contribution is -2.19. The Morgan fingerprint density at radius 3 is 2.44 bits per heavy atom. The second-order valence-corrected chi connectivity index (χ2v) is 1.09. The van der Waals surface area contributed by atoms with Gasteiger partial charge in [0.05, 0.1) is 13.2 Å². The van der Waals surface area contributed by atoms with Crippen molar-refractivity contribution in [3.63, 3.8) is 0 Å². The molecule has 0 rings (SSSR count). The van der Waals surface area contributed by atoms with Crippen molar-refractivity contribution in [3.8, 4) is 0 Å². The number of nitrogens with one attached hydrogen (secondary N) is 1. The molecule has 0 amide bonds. The Bertz CT molecular complexity index is 48.3. The average Bonchev–Trinajstić information content (AvgIpc) is 1.94. The highest BCUT2D eigenvalue weighted by atomic mass is 16.3. The summed E-state index contributed by atoms with van der Waals surface area (Å²) in [5, 5.41) is 10.8. The zero-order valence-electron chi connectivity index (χ0n) is 6.05. The first kappa shape index (κ1) is 11.4. The van der Waals surface area contributed by atoms with E-state index in [2.05, 4.69) is 5.32 Å². The van der Waals surface area contributed by atoms with Crippen molar-refractivity contribution < 1.29 is 9.90 Å². The summed E-state index contributed by atoms with van der Waals surface area (Å²) in [6.07, 6.45) is 0.760. The molecule has 0 aliphatic rings. The van der Waals surface area contributed by atoms with Crippen LogP contribution in [0.3, 0.4) is 0 Å². The lowest BCUT2D eigenvalue weighted by Gasteiger charge is -1.90. The number of hydrogen-bond acceptors (Lipinski definition) is 3. The normalized spacial score (nSPS) is 7.44. The highest BCUT2D eigenvalue weighted by molar-refractivity contribution is 5.51. The van der Waals surface area contributed by atoms with Crippen molar-refractivity contribution in [2.75, 3.05) is 19.7 Å². The van der Waals surface area contributed by atoms with Crippen LogP contribution in [0.4, 0.5) is 0 Å². The molecule has 0 fully saturated rings. The van der Waals surface area contributed by atoms with Crippen LogP contribution in [0, 0.1) is 0 Å². The van der Waals surface area contributed by atoms with Crippen LogP contribution in [-0.2, 0) is 4.79 Å². The molecule has 0 atom stereocenters. The van der Waals surface area contributed by atoms with Gasteiger partial charge in [-0.15, -0.1) is 0 Å². The minimum Gasteiger partial charge on any atom is -0.395 e. The Balaban J connectivity index is 0. The van der Waals surface area contributed by atoms with Gasteiger partial charge in [-0.2, -0.15) is 0 Å². The van der Waals surface area contributed by atoms with Crippen LogP contribution in [0.15, 0.2) is 0 Å². The third kappa shape index (κ3) is 18.4. The minimum absolute atomic E-state index is 0.0911. The number of rotatable bonds is 4. The highest BCUT2D eigenvalue weighted by Crippen LogP contribution is 1.50. The predicted molar refractivity (Wildman–Crippen MR) is 37.4 cm³/mol. The molecule has 0 bridgehead atoms. The molecule has 0 radical (unpaired) electrons. The third-order valence-electron chi connectivity index (χ3n) is 0.516. The maximum absolute atomic E-state index is 9.54. The van der Waals surface area contributed by atoms with Gasteiger partial charge in [0.15, 0.2) is 0 Å². The molecule has 56 valence electrons. The van der Waals surface area contributed by atoms with E-state index in [0.717, 1.165) is 6.29 Å². The predicted octanol–water partition coefficient (Wildman–Crippen LogP) is -0.207. The Morgan fingerprint density at radius 2 is 2.11 bits per heavy atom. The quantitative estimate of drug-likeness (QED) is 0.412. The van der Waals surface area contributed by atoms with E-state index in [9.17, 15) is 4.79 Å². The summed E-state index contributed by atoms with van der Waals surface area (Å²) in [6.45, 7) is 4.92. The molecule has 2 N–H and O–H groups in total. The Labute approximate surface area is 56.1 Å². The molecule has 0 aromatic heterocycles. The fourth-order valence-corrected chi connectivity index (χ4v) is 0.240. The van der Waals surface area contributed by atoms with E-state index in [-0.39, 0.29) is 6.61 Å². The van der Waals surface area contributed by atoms with Crippen molar-refractivity contribution in [2.24, 2.45) is 0 Å². The number of carbonyl (C=O) groups is 1. The fourth-order valence-electron chi connectivity index (χ4n) is 0.240. The molecule has 0 saturated heterocycles. The Hall–Kier alpha value is -0.410. The van der Waals surface area contributed by atoms with Gasteiger partial charge in [0.25, 0.3) is 0 Å². The number of carbonyl (C=O) groups excluding carboxylic acids is 1. The van der Waals surface area contributed by atoms with Crippen molar-refractivity contribution >= 4 is 6.29 Å². The zero-order valence-corrected chi connectivity index (χ0v) is 6.05. The molecular weight excluding hydrogens is 118 g/mol. The number of aliphatic hydroxyl groups excluding tert-OH is 1. The number of hydrogen-bond donors (Lipinski definition) is 2. The van der Waals surface area contributed by atoms with Gasteiger partial charge in [0, 0.05) is 6.54 Å². The van der Waals surface area contributed by atoms with Crippen LogP contribution in [0.5, 0.6) is 0 Å². The first-order chi connectivity index (χ1) is 4.41. The van der Waals surface area contributed by atoms with E-state index >= 15 is 0 Å². The summed E-state index contributed by atoms with van der Waals surface area (Å²) < 4.78 is 0. The molecule has 0 saturated carbocycles. The molecule has 0 aromatic rings. The van der Waals surface area contributed by atoms with E-state index in [1.807, 2.05) is 13.8 Å². The molecule has 0 aromatic carbocycles. The van der Waals surface area contributed by atoms with E-state index in [0.29, 0.717) is 13.1 Å². The number of aldehydes is 1. The third-order valence-corrected chi connectivity index (χ3v) is 0.516. The smallest absolute Gasteiger partial charge is 0.133 e. The summed E-state index contributed by atoms with van der Waals surface area (Å²) in [6, 6.07) is 0. The van der Waals surface area contributed by atoms with Crippen LogP contribution in [-0.4, -0.2) is 31.1 Å². The summed E-state index contributed by atoms with van der Waals surface area (Å²) in [5.74, 6) is 0. The van der Waals surface area contributed by atoms with E-state index in [1.165, 1.54) is 0 Å². The second kappa shape index (κ2) is 15.6. The van der Waals surface area contributed by atoms with Crippen LogP contribution < -0.4 is 5.32 Å². The lowest BCUT2D eigenvalue weighted by atomic mass is 10.6. The first-order valence-electron chi connectivity index (χ1n) is 3.17. The van der Waals surface area contributed by atoms with Gasteiger partial charge in [0.2, 0.25) is 0 Å². The molecule has 0 spiro atoms. The van der Waals surface area contributed by atoms with Crippen LogP contribution >= 0.6 is 0 Å². The Morgan fingerprint density at radius 1 is 1.56 bits per heavy atom. The zero-order chi connectivity index (χ0) is 7.54. The second-order valence-electron chi connectivity index (χ2n) is 1.09. The van der Waals surface area contributed by atoms with Crippen molar-refractivity contribution in [1.82, 2.24) is 5.32 Å². The monoisotopic (exact) mass is 133 g/mol. The van der Waals surface area contributed by atoms with E-state index in [1.54, 1.807) is 0 Å². The van der Waals surface area contributed by atoms with Gasteiger partial charge in [0.1, 0.15) is 6.29 Å². The van der Waals surface area contributed by atoms with Crippen molar-refractivity contribution in [2.45, 2.75) is 13.8 Å². The topological polar surface area (TPSA) is 49.3 Å². The summed E-state index contributed by atoms with van der Waals surface area (Å²) in [4.78, 5) is 9.54. The summed E-state index contributed by atoms with van der Waals surface area (Å²) in [7, 11) is 0. The van der Waals surface area contributed by atoms with Gasteiger partial charge >= 0.3 is 0 Å². The standard InChI is InChI=1S/C4H9NO2.C2H6/c6-3-1-5-2-4-7;1-2/h3,5,7H,1-2,4H2;1-2H3. The van der Waals surface area contributed by atoms with Gasteiger partial charge in [-0.3, -0.25) is 0 Å². The maximum atomic E-state index is 9.54. The molecule has 0 aliphatic carbocycles. The largest absolute Gasteiger partial charge is 0.395 e. The average molecular weight is 133 g/mol. The Kier molecular flexibility index (Phi) is 19.8. The van der Waals surface area contributed by atoms with E-state index < -0.39 is 0 Å². The maximum Gasteiger partial charge on any atom is 0.133 e. The van der Waals surface area contributed by atoms with Crippen LogP contribution in [0.25, 0.3) is 0 Å². The molecule has 9 heavy (non-hydrogen) atoms. The first-order valence-corrected chi connectivity index (χ1v) is 3.17. The minimum atomic E-state index is 0.0911. The molecule has 0 heterocycles. The van der Waals surface area contributed by atoms with Gasteiger partial charge in [-0.1, -0.05) is 13.8 Å².